The van der Waals surface area contributed by atoms with E-state index in [9.17, 15) is 4.79 Å². The predicted octanol–water partition coefficient (Wildman–Crippen LogP) is 1.98. The highest BCUT2D eigenvalue weighted by Crippen LogP contribution is 2.02. The third-order valence-corrected chi connectivity index (χ3v) is 1.34. The summed E-state index contributed by atoms with van der Waals surface area (Å²) in [7, 11) is 0. The number of rotatable bonds is 6. The van der Waals surface area contributed by atoms with Gasteiger partial charge in [-0.25, -0.2) is 4.79 Å². The molecule has 4 heteroatoms. The molecule has 80 valence electrons. The fourth-order valence-electron chi connectivity index (χ4n) is 0.711. The summed E-state index contributed by atoms with van der Waals surface area (Å²) in [6, 6.07) is 0. The van der Waals surface area contributed by atoms with E-state index in [2.05, 4.69) is 6.58 Å². The van der Waals surface area contributed by atoms with Gasteiger partial charge in [0.25, 0.3) is 0 Å². The van der Waals surface area contributed by atoms with Crippen molar-refractivity contribution in [1.82, 2.24) is 0 Å². The maximum Gasteiger partial charge on any atom is 0.339 e. The summed E-state index contributed by atoms with van der Waals surface area (Å²) >= 11 is 0. The molecule has 14 heavy (non-hydrogen) atoms. The normalized spacial score (nSPS) is 13.2. The third kappa shape index (κ3) is 5.37. The van der Waals surface area contributed by atoms with E-state index >= 15 is 0 Å². The maximum absolute atomic E-state index is 11.2. The fraction of sp³-hybridized carbons (Fsp3) is 0.500. The lowest BCUT2D eigenvalue weighted by Gasteiger charge is -2.12. The summed E-state index contributed by atoms with van der Waals surface area (Å²) in [5.41, 5.74) is 0.358. The molecule has 4 nitrogen and oxygen atoms in total. The highest BCUT2D eigenvalue weighted by Gasteiger charge is 2.10. The van der Waals surface area contributed by atoms with Crippen molar-refractivity contribution in [2.75, 3.05) is 6.61 Å². The summed E-state index contributed by atoms with van der Waals surface area (Å²) < 4.78 is 14.7. The van der Waals surface area contributed by atoms with Gasteiger partial charge in [-0.05, 0) is 20.8 Å². The van der Waals surface area contributed by atoms with Gasteiger partial charge in [0.15, 0.2) is 6.29 Å². The van der Waals surface area contributed by atoms with Crippen molar-refractivity contribution in [1.29, 1.82) is 0 Å². The molecule has 1 unspecified atom stereocenters. The van der Waals surface area contributed by atoms with Crippen LogP contribution in [0.3, 0.4) is 0 Å². The number of esters is 1. The van der Waals surface area contributed by atoms with E-state index in [0.717, 1.165) is 0 Å². The SMILES string of the molecule is C=CO/C=C(\C)C(=O)OC(C)OCC. The summed E-state index contributed by atoms with van der Waals surface area (Å²) in [4.78, 5) is 11.2. The molecule has 0 heterocycles. The minimum atomic E-state index is -0.542. The van der Waals surface area contributed by atoms with Gasteiger partial charge in [0.05, 0.1) is 11.8 Å². The van der Waals surface area contributed by atoms with E-state index in [4.69, 9.17) is 14.2 Å². The molecule has 0 fully saturated rings. The van der Waals surface area contributed by atoms with E-state index in [1.54, 1.807) is 13.8 Å². The van der Waals surface area contributed by atoms with Crippen molar-refractivity contribution >= 4 is 5.97 Å². The van der Waals surface area contributed by atoms with Crippen LogP contribution in [0.15, 0.2) is 24.7 Å². The van der Waals surface area contributed by atoms with Crippen molar-refractivity contribution in [3.63, 3.8) is 0 Å². The van der Waals surface area contributed by atoms with Crippen LogP contribution in [0, 0.1) is 0 Å². The van der Waals surface area contributed by atoms with Crippen molar-refractivity contribution in [2.24, 2.45) is 0 Å². The van der Waals surface area contributed by atoms with Crippen LogP contribution in [-0.4, -0.2) is 18.9 Å². The smallest absolute Gasteiger partial charge is 0.339 e. The van der Waals surface area contributed by atoms with Crippen LogP contribution in [0.25, 0.3) is 0 Å². The lowest BCUT2D eigenvalue weighted by molar-refractivity contribution is -0.169. The largest absolute Gasteiger partial charge is 0.473 e. The lowest BCUT2D eigenvalue weighted by atomic mass is 10.3. The van der Waals surface area contributed by atoms with Gasteiger partial charge in [0.2, 0.25) is 0 Å². The second-order valence-corrected chi connectivity index (χ2v) is 2.53. The highest BCUT2D eigenvalue weighted by atomic mass is 16.7. The van der Waals surface area contributed by atoms with Crippen molar-refractivity contribution in [3.05, 3.63) is 24.7 Å². The van der Waals surface area contributed by atoms with Gasteiger partial charge in [-0.15, -0.1) is 0 Å². The van der Waals surface area contributed by atoms with Gasteiger partial charge in [-0.1, -0.05) is 6.58 Å². The van der Waals surface area contributed by atoms with Gasteiger partial charge in [-0.2, -0.15) is 0 Å². The Morgan fingerprint density at radius 2 is 2.21 bits per heavy atom. The third-order valence-electron chi connectivity index (χ3n) is 1.34. The van der Waals surface area contributed by atoms with Gasteiger partial charge < -0.3 is 14.2 Å². The van der Waals surface area contributed by atoms with E-state index in [-0.39, 0.29) is 0 Å². The Kier molecular flexibility index (Phi) is 6.49. The minimum Gasteiger partial charge on any atom is -0.473 e. The Bertz CT molecular complexity index is 220. The number of hydrogen-bond donors (Lipinski definition) is 0. The van der Waals surface area contributed by atoms with Crippen LogP contribution >= 0.6 is 0 Å². The molecule has 0 saturated heterocycles. The maximum atomic E-state index is 11.2. The topological polar surface area (TPSA) is 44.8 Å². The van der Waals surface area contributed by atoms with Crippen molar-refractivity contribution in [2.45, 2.75) is 27.1 Å². The van der Waals surface area contributed by atoms with Crippen LogP contribution < -0.4 is 0 Å². The Hall–Kier alpha value is -1.29. The molecule has 0 aromatic rings. The first kappa shape index (κ1) is 12.7. The number of ether oxygens (including phenoxy) is 3. The van der Waals surface area contributed by atoms with Gasteiger partial charge in [0.1, 0.15) is 6.26 Å². The van der Waals surface area contributed by atoms with Crippen LogP contribution in [-0.2, 0) is 19.0 Å². The monoisotopic (exact) mass is 200 g/mol. The number of carbonyl (C=O) groups excluding carboxylic acids is 1. The molecule has 0 saturated carbocycles. The van der Waals surface area contributed by atoms with Crippen molar-refractivity contribution in [3.8, 4) is 0 Å². The molecule has 0 bridgehead atoms. The summed E-state index contributed by atoms with van der Waals surface area (Å²) in [5.74, 6) is -0.465. The second-order valence-electron chi connectivity index (χ2n) is 2.53. The van der Waals surface area contributed by atoms with Gasteiger partial charge in [-0.3, -0.25) is 0 Å². The molecule has 0 spiro atoms. The summed E-state index contributed by atoms with van der Waals surface area (Å²) in [6.45, 7) is 8.91. The predicted molar refractivity (Wildman–Crippen MR) is 52.2 cm³/mol. The van der Waals surface area contributed by atoms with E-state index < -0.39 is 12.3 Å². The van der Waals surface area contributed by atoms with Crippen LogP contribution in [0.2, 0.25) is 0 Å². The molecule has 0 aromatic carbocycles. The lowest BCUT2D eigenvalue weighted by Crippen LogP contribution is -2.18. The van der Waals surface area contributed by atoms with E-state index in [0.29, 0.717) is 12.2 Å². The molecular formula is C10H16O4. The summed E-state index contributed by atoms with van der Waals surface area (Å²) in [6.07, 6.45) is 1.95. The van der Waals surface area contributed by atoms with E-state index in [1.165, 1.54) is 12.5 Å². The number of hydrogen-bond acceptors (Lipinski definition) is 4. The quantitative estimate of drug-likeness (QED) is 0.284. The molecule has 0 aliphatic rings. The molecule has 0 aromatic heterocycles. The van der Waals surface area contributed by atoms with E-state index in [1.807, 2.05) is 6.92 Å². The Labute approximate surface area is 84.1 Å². The van der Waals surface area contributed by atoms with Gasteiger partial charge in [0, 0.05) is 6.61 Å². The Balaban J connectivity index is 4.00. The van der Waals surface area contributed by atoms with Gasteiger partial charge >= 0.3 is 5.97 Å². The molecular weight excluding hydrogens is 184 g/mol. The molecule has 0 aliphatic carbocycles. The average molecular weight is 200 g/mol. The zero-order chi connectivity index (χ0) is 11.0. The van der Waals surface area contributed by atoms with Crippen LogP contribution in [0.5, 0.6) is 0 Å². The van der Waals surface area contributed by atoms with Crippen LogP contribution in [0.1, 0.15) is 20.8 Å². The molecule has 0 rings (SSSR count). The first-order valence-corrected chi connectivity index (χ1v) is 4.37. The molecule has 1 atom stereocenters. The standard InChI is InChI=1S/C10H16O4/c1-5-12-7-8(3)10(11)14-9(4)13-6-2/h5,7,9H,1,6H2,2-4H3/b8-7+. The zero-order valence-electron chi connectivity index (χ0n) is 8.78. The average Bonchev–Trinajstić information content (AvgIpc) is 2.14. The zero-order valence-corrected chi connectivity index (χ0v) is 8.78. The second kappa shape index (κ2) is 7.15. The molecule has 0 amide bonds. The first-order chi connectivity index (χ1) is 6.61. The molecule has 0 aliphatic heterocycles. The highest BCUT2D eigenvalue weighted by molar-refractivity contribution is 5.87. The Morgan fingerprint density at radius 1 is 1.57 bits per heavy atom. The number of carbonyl (C=O) groups is 1. The molecule has 0 radical (unpaired) electrons. The fourth-order valence-corrected chi connectivity index (χ4v) is 0.711. The van der Waals surface area contributed by atoms with Crippen molar-refractivity contribution < 1.29 is 19.0 Å². The first-order valence-electron chi connectivity index (χ1n) is 4.37. The van der Waals surface area contributed by atoms with Crippen LogP contribution in [0.4, 0.5) is 0 Å². The molecule has 0 N–H and O–H groups in total. The minimum absolute atomic E-state index is 0.358. The summed E-state index contributed by atoms with van der Waals surface area (Å²) in [5, 5.41) is 0. The Morgan fingerprint density at radius 3 is 2.71 bits per heavy atom.